The van der Waals surface area contributed by atoms with Crippen LogP contribution >= 0.6 is 11.3 Å². The van der Waals surface area contributed by atoms with Gasteiger partial charge in [-0.15, -0.1) is 11.3 Å². The van der Waals surface area contributed by atoms with E-state index in [-0.39, 0.29) is 17.6 Å². The van der Waals surface area contributed by atoms with Crippen molar-refractivity contribution in [2.75, 3.05) is 24.3 Å². The monoisotopic (exact) mass is 524 g/mol. The molecule has 2 aliphatic carbocycles. The minimum Gasteiger partial charge on any atom is -0.390 e. The number of methoxy groups -OCH3 is 1. The first kappa shape index (κ1) is 26.3. The molecule has 200 valence electrons. The van der Waals surface area contributed by atoms with E-state index in [2.05, 4.69) is 15.6 Å². The number of aromatic nitrogens is 4. The molecular weight excluding hydrogens is 484 g/mol. The molecule has 0 bridgehead atoms. The summed E-state index contributed by atoms with van der Waals surface area (Å²) in [5.41, 5.74) is 2.84. The highest BCUT2D eigenvalue weighted by Crippen LogP contribution is 2.40. The van der Waals surface area contributed by atoms with E-state index in [0.29, 0.717) is 12.5 Å². The van der Waals surface area contributed by atoms with E-state index in [0.717, 1.165) is 70.1 Å². The zero-order valence-corrected chi connectivity index (χ0v) is 23.5. The number of thiazole rings is 1. The van der Waals surface area contributed by atoms with Gasteiger partial charge in [-0.05, 0) is 71.8 Å². The number of hydrogen-bond acceptors (Lipinski definition) is 9. The molecule has 9 heteroatoms. The van der Waals surface area contributed by atoms with Crippen LogP contribution in [0.1, 0.15) is 76.6 Å². The van der Waals surface area contributed by atoms with Crippen LogP contribution in [0, 0.1) is 19.8 Å². The van der Waals surface area contributed by atoms with Crippen molar-refractivity contribution < 1.29 is 9.84 Å². The predicted molar refractivity (Wildman–Crippen MR) is 150 cm³/mol. The van der Waals surface area contributed by atoms with Gasteiger partial charge in [0.2, 0.25) is 5.95 Å². The van der Waals surface area contributed by atoms with E-state index in [1.807, 2.05) is 47.1 Å². The second kappa shape index (κ2) is 10.4. The van der Waals surface area contributed by atoms with Crippen molar-refractivity contribution >= 4 is 33.3 Å². The maximum absolute atomic E-state index is 10.6. The van der Waals surface area contributed by atoms with Gasteiger partial charge in [-0.1, -0.05) is 19.3 Å². The number of nitrogens with one attached hydrogen (secondary N) is 2. The van der Waals surface area contributed by atoms with Crippen molar-refractivity contribution in [1.29, 1.82) is 0 Å². The Morgan fingerprint density at radius 3 is 2.57 bits per heavy atom. The molecule has 2 aliphatic rings. The Kier molecular flexibility index (Phi) is 7.40. The minimum atomic E-state index is -0.681. The van der Waals surface area contributed by atoms with Crippen LogP contribution < -0.4 is 10.6 Å². The number of rotatable bonds is 8. The number of anilines is 2. The summed E-state index contributed by atoms with van der Waals surface area (Å²) in [6, 6.07) is 2.25. The van der Waals surface area contributed by atoms with Crippen molar-refractivity contribution in [1.82, 2.24) is 19.9 Å². The lowest BCUT2D eigenvalue weighted by atomic mass is 9.84. The average Bonchev–Trinajstić information content (AvgIpc) is 3.51. The Balaban J connectivity index is 1.48. The molecule has 3 aromatic rings. The molecule has 0 spiro atoms. The SMILES string of the molecule is COC1(CNc2nc(C)c(-c3nc4c(C)nccc4s3)c(NC3CCC(C(C)(C)O)C3)n2)CCCCC1. The predicted octanol–water partition coefficient (Wildman–Crippen LogP) is 5.88. The molecule has 0 radical (unpaired) electrons. The van der Waals surface area contributed by atoms with Crippen molar-refractivity contribution in [3.05, 3.63) is 23.7 Å². The largest absolute Gasteiger partial charge is 0.390 e. The third-order valence-corrected chi connectivity index (χ3v) is 9.37. The van der Waals surface area contributed by atoms with Crippen LogP contribution in [0.25, 0.3) is 20.8 Å². The first-order chi connectivity index (χ1) is 17.7. The number of nitrogens with zero attached hydrogens (tertiary/aromatic N) is 4. The number of aryl methyl sites for hydroxylation is 2. The lowest BCUT2D eigenvalue weighted by Crippen LogP contribution is -2.41. The Labute approximate surface area is 223 Å². The Morgan fingerprint density at radius 1 is 1.11 bits per heavy atom. The van der Waals surface area contributed by atoms with Crippen LogP contribution in [0.2, 0.25) is 0 Å². The van der Waals surface area contributed by atoms with Gasteiger partial charge in [-0.2, -0.15) is 4.98 Å². The second-order valence-corrected chi connectivity index (χ2v) is 12.5. The molecule has 5 rings (SSSR count). The van der Waals surface area contributed by atoms with Crippen molar-refractivity contribution in [3.8, 4) is 10.6 Å². The smallest absolute Gasteiger partial charge is 0.225 e. The lowest BCUT2D eigenvalue weighted by Gasteiger charge is -2.36. The average molecular weight is 525 g/mol. The Bertz CT molecular complexity index is 1250. The third kappa shape index (κ3) is 5.59. The lowest BCUT2D eigenvalue weighted by molar-refractivity contribution is -0.0280. The molecule has 0 aromatic carbocycles. The normalized spacial score (nSPS) is 21.9. The van der Waals surface area contributed by atoms with E-state index in [1.165, 1.54) is 19.3 Å². The summed E-state index contributed by atoms with van der Waals surface area (Å²) >= 11 is 1.65. The van der Waals surface area contributed by atoms with Crippen LogP contribution in [0.4, 0.5) is 11.8 Å². The molecule has 37 heavy (non-hydrogen) atoms. The van der Waals surface area contributed by atoms with Gasteiger partial charge in [0.15, 0.2) is 0 Å². The molecule has 8 nitrogen and oxygen atoms in total. The van der Waals surface area contributed by atoms with E-state index in [4.69, 9.17) is 19.7 Å². The van der Waals surface area contributed by atoms with Crippen LogP contribution in [-0.4, -0.2) is 55.9 Å². The standard InChI is InChI=1S/C28H40N6O2S/c1-17-22(25-33-23-18(2)29-14-11-21(23)37-25)24(32-20-10-9-19(15-20)27(3,4)35)34-26(31-17)30-16-28(36-5)12-7-6-8-13-28/h11,14,19-20,35H,6-10,12-13,15-16H2,1-5H3,(H2,30,31,32,34). The third-order valence-electron chi connectivity index (χ3n) is 8.33. The molecule has 2 saturated carbocycles. The van der Waals surface area contributed by atoms with Crippen LogP contribution in [-0.2, 0) is 4.74 Å². The highest BCUT2D eigenvalue weighted by atomic mass is 32.1. The van der Waals surface area contributed by atoms with Gasteiger partial charge in [0.05, 0.1) is 32.9 Å². The summed E-state index contributed by atoms with van der Waals surface area (Å²) in [7, 11) is 1.82. The molecule has 0 amide bonds. The number of ether oxygens (including phenoxy) is 1. The van der Waals surface area contributed by atoms with Gasteiger partial charge < -0.3 is 20.5 Å². The fourth-order valence-electron chi connectivity index (χ4n) is 5.94. The summed E-state index contributed by atoms with van der Waals surface area (Å²) in [5.74, 6) is 1.68. The molecular formula is C28H40N6O2S. The highest BCUT2D eigenvalue weighted by Gasteiger charge is 2.36. The van der Waals surface area contributed by atoms with Gasteiger partial charge in [-0.25, -0.2) is 9.97 Å². The molecule has 3 aromatic heterocycles. The Morgan fingerprint density at radius 2 is 1.89 bits per heavy atom. The quantitative estimate of drug-likeness (QED) is 0.336. The van der Waals surface area contributed by atoms with Crippen molar-refractivity contribution in [2.24, 2.45) is 5.92 Å². The molecule has 2 atom stereocenters. The highest BCUT2D eigenvalue weighted by molar-refractivity contribution is 7.21. The van der Waals surface area contributed by atoms with E-state index in [1.54, 1.807) is 11.3 Å². The van der Waals surface area contributed by atoms with Crippen LogP contribution in [0.15, 0.2) is 12.3 Å². The van der Waals surface area contributed by atoms with E-state index < -0.39 is 5.60 Å². The summed E-state index contributed by atoms with van der Waals surface area (Å²) in [4.78, 5) is 19.3. The molecule has 3 N–H and O–H groups in total. The Hall–Kier alpha value is -2.36. The van der Waals surface area contributed by atoms with Crippen molar-refractivity contribution in [2.45, 2.75) is 96.3 Å². The zero-order chi connectivity index (χ0) is 26.2. The maximum Gasteiger partial charge on any atom is 0.225 e. The fraction of sp³-hybridized carbons (Fsp3) is 0.643. The zero-order valence-electron chi connectivity index (χ0n) is 22.7. The summed E-state index contributed by atoms with van der Waals surface area (Å²) in [5, 5.41) is 18.7. The topological polar surface area (TPSA) is 105 Å². The van der Waals surface area contributed by atoms with Gasteiger partial charge >= 0.3 is 0 Å². The number of hydrogen-bond donors (Lipinski definition) is 3. The first-order valence-corrected chi connectivity index (χ1v) is 14.4. The van der Waals surface area contributed by atoms with Gasteiger partial charge in [0.1, 0.15) is 16.3 Å². The number of pyridine rings is 1. The molecule has 2 fully saturated rings. The number of fused-ring (bicyclic) bond motifs is 1. The molecule has 3 heterocycles. The number of aliphatic hydroxyl groups is 1. The van der Waals surface area contributed by atoms with Gasteiger partial charge in [0, 0.05) is 25.9 Å². The van der Waals surface area contributed by atoms with Gasteiger partial charge in [0.25, 0.3) is 0 Å². The summed E-state index contributed by atoms with van der Waals surface area (Å²) < 4.78 is 7.09. The first-order valence-electron chi connectivity index (χ1n) is 13.6. The maximum atomic E-state index is 10.6. The van der Waals surface area contributed by atoms with Crippen LogP contribution in [0.3, 0.4) is 0 Å². The second-order valence-electron chi connectivity index (χ2n) is 11.4. The molecule has 2 unspecified atom stereocenters. The van der Waals surface area contributed by atoms with Gasteiger partial charge in [-0.3, -0.25) is 4.98 Å². The van der Waals surface area contributed by atoms with Crippen molar-refractivity contribution in [3.63, 3.8) is 0 Å². The fourth-order valence-corrected chi connectivity index (χ4v) is 7.05. The summed E-state index contributed by atoms with van der Waals surface area (Å²) in [6.45, 7) is 8.55. The minimum absolute atomic E-state index is 0.162. The molecule has 0 saturated heterocycles. The van der Waals surface area contributed by atoms with E-state index in [9.17, 15) is 5.11 Å². The summed E-state index contributed by atoms with van der Waals surface area (Å²) in [6.07, 6.45) is 10.5. The molecule has 0 aliphatic heterocycles. The van der Waals surface area contributed by atoms with E-state index >= 15 is 0 Å². The van der Waals surface area contributed by atoms with Crippen LogP contribution in [0.5, 0.6) is 0 Å².